The van der Waals surface area contributed by atoms with Crippen LogP contribution in [0.5, 0.6) is 6.01 Å². The minimum atomic E-state index is -0.0177. The van der Waals surface area contributed by atoms with Crippen LogP contribution in [-0.2, 0) is 0 Å². The van der Waals surface area contributed by atoms with Crippen LogP contribution in [0.25, 0.3) is 0 Å². The van der Waals surface area contributed by atoms with Gasteiger partial charge in [-0.2, -0.15) is 15.0 Å². The first-order valence-electron chi connectivity index (χ1n) is 5.33. The lowest BCUT2D eigenvalue weighted by atomic mass is 10.1. The highest BCUT2D eigenvalue weighted by Crippen LogP contribution is 2.44. The van der Waals surface area contributed by atoms with Crippen LogP contribution in [0.3, 0.4) is 0 Å². The summed E-state index contributed by atoms with van der Waals surface area (Å²) in [6.45, 7) is 0.797. The number of nitrogen functional groups attached to an aromatic ring is 1. The zero-order chi connectivity index (χ0) is 12.3. The Morgan fingerprint density at radius 1 is 1.35 bits per heavy atom. The molecule has 5 N–H and O–H groups in total. The van der Waals surface area contributed by atoms with Gasteiger partial charge in [-0.1, -0.05) is 0 Å². The topological polar surface area (TPSA) is 118 Å². The van der Waals surface area contributed by atoms with Crippen LogP contribution in [-0.4, -0.2) is 40.3 Å². The Kier molecular flexibility index (Phi) is 3.25. The highest BCUT2D eigenvalue weighted by Gasteiger charge is 2.41. The molecule has 0 saturated heterocycles. The van der Waals surface area contributed by atoms with Crippen molar-refractivity contribution in [2.24, 2.45) is 11.3 Å². The molecule has 0 spiro atoms. The number of anilines is 2. The first-order chi connectivity index (χ1) is 8.21. The number of hydrogen-bond acceptors (Lipinski definition) is 8. The van der Waals surface area contributed by atoms with Crippen molar-refractivity contribution in [3.05, 3.63) is 0 Å². The number of nitrogens with zero attached hydrogens (tertiary/aromatic N) is 3. The van der Waals surface area contributed by atoms with E-state index in [1.165, 1.54) is 7.11 Å². The van der Waals surface area contributed by atoms with Crippen molar-refractivity contribution in [3.8, 4) is 6.01 Å². The predicted octanol–water partition coefficient (Wildman–Crippen LogP) is -0.650. The third-order valence-electron chi connectivity index (χ3n) is 2.84. The van der Waals surface area contributed by atoms with E-state index in [4.69, 9.17) is 10.6 Å². The van der Waals surface area contributed by atoms with Gasteiger partial charge in [0.05, 0.1) is 13.7 Å². The number of ether oxygens (including phenoxy) is 1. The van der Waals surface area contributed by atoms with Gasteiger partial charge in [0.1, 0.15) is 0 Å². The molecule has 0 bridgehead atoms. The Morgan fingerprint density at radius 3 is 2.59 bits per heavy atom. The second-order valence-corrected chi connectivity index (χ2v) is 4.13. The number of rotatable bonds is 6. The van der Waals surface area contributed by atoms with Crippen molar-refractivity contribution in [1.82, 2.24) is 15.0 Å². The van der Waals surface area contributed by atoms with Gasteiger partial charge in [-0.3, -0.25) is 5.43 Å². The Morgan fingerprint density at radius 2 is 2.06 bits per heavy atom. The van der Waals surface area contributed by atoms with E-state index in [2.05, 4.69) is 25.7 Å². The third kappa shape index (κ3) is 2.71. The summed E-state index contributed by atoms with van der Waals surface area (Å²) in [5, 5.41) is 12.2. The van der Waals surface area contributed by atoms with E-state index in [9.17, 15) is 5.11 Å². The van der Waals surface area contributed by atoms with Crippen LogP contribution in [0.4, 0.5) is 11.9 Å². The van der Waals surface area contributed by atoms with E-state index >= 15 is 0 Å². The monoisotopic (exact) mass is 240 g/mol. The molecule has 8 nitrogen and oxygen atoms in total. The number of aromatic nitrogens is 3. The van der Waals surface area contributed by atoms with E-state index in [0.717, 1.165) is 12.8 Å². The molecule has 1 aromatic heterocycles. The second kappa shape index (κ2) is 4.68. The smallest absolute Gasteiger partial charge is 0.322 e. The number of methoxy groups -OCH3 is 1. The summed E-state index contributed by atoms with van der Waals surface area (Å²) in [7, 11) is 1.47. The van der Waals surface area contributed by atoms with Crippen LogP contribution in [0, 0.1) is 5.41 Å². The Balaban J connectivity index is 2.04. The zero-order valence-corrected chi connectivity index (χ0v) is 9.60. The maximum atomic E-state index is 9.19. The number of hydrazine groups is 1. The lowest BCUT2D eigenvalue weighted by Gasteiger charge is -2.13. The van der Waals surface area contributed by atoms with Gasteiger partial charge in [-0.25, -0.2) is 5.84 Å². The van der Waals surface area contributed by atoms with E-state index < -0.39 is 0 Å². The van der Waals surface area contributed by atoms with Gasteiger partial charge in [0, 0.05) is 12.0 Å². The summed E-state index contributed by atoms with van der Waals surface area (Å²) in [4.78, 5) is 11.9. The molecule has 1 saturated carbocycles. The van der Waals surface area contributed by atoms with Gasteiger partial charge in [0.25, 0.3) is 0 Å². The fourth-order valence-corrected chi connectivity index (χ4v) is 1.43. The molecule has 0 unspecified atom stereocenters. The fraction of sp³-hybridized carbons (Fsp3) is 0.667. The fourth-order valence-electron chi connectivity index (χ4n) is 1.43. The van der Waals surface area contributed by atoms with Gasteiger partial charge in [0.2, 0.25) is 11.9 Å². The minimum Gasteiger partial charge on any atom is -0.467 e. The summed E-state index contributed by atoms with van der Waals surface area (Å²) < 4.78 is 4.92. The molecule has 0 atom stereocenters. The zero-order valence-electron chi connectivity index (χ0n) is 9.60. The molecule has 0 amide bonds. The molecule has 1 fully saturated rings. The molecule has 1 aromatic rings. The second-order valence-electron chi connectivity index (χ2n) is 4.13. The van der Waals surface area contributed by atoms with E-state index in [0.29, 0.717) is 12.5 Å². The van der Waals surface area contributed by atoms with Crippen LogP contribution in [0.2, 0.25) is 0 Å². The van der Waals surface area contributed by atoms with E-state index in [1.54, 1.807) is 0 Å². The third-order valence-corrected chi connectivity index (χ3v) is 2.84. The number of nitrogens with two attached hydrogens (primary N) is 1. The number of aliphatic hydroxyl groups excluding tert-OH is 1. The standard InChI is InChI=1S/C9H16N6O2/c1-17-8-13-6(12-7(14-8)15-10)11-4-9(5-16)2-3-9/h16H,2-5,10H2,1H3,(H2,11,12,13,14,15). The average molecular weight is 240 g/mol. The molecule has 1 heterocycles. The molecule has 94 valence electrons. The molecule has 0 aromatic carbocycles. The van der Waals surface area contributed by atoms with Crippen molar-refractivity contribution in [2.75, 3.05) is 31.0 Å². The van der Waals surface area contributed by atoms with Gasteiger partial charge < -0.3 is 15.2 Å². The first-order valence-corrected chi connectivity index (χ1v) is 5.33. The SMILES string of the molecule is COc1nc(NN)nc(NCC2(CO)CC2)n1. The highest BCUT2D eigenvalue weighted by molar-refractivity contribution is 5.35. The Hall–Kier alpha value is -1.67. The molecular weight excluding hydrogens is 224 g/mol. The summed E-state index contributed by atoms with van der Waals surface area (Å²) in [6.07, 6.45) is 2.03. The van der Waals surface area contributed by atoms with Crippen molar-refractivity contribution < 1.29 is 9.84 Å². The Bertz CT molecular complexity index is 373. The van der Waals surface area contributed by atoms with Crippen molar-refractivity contribution in [3.63, 3.8) is 0 Å². The van der Waals surface area contributed by atoms with Crippen LogP contribution in [0.1, 0.15) is 12.8 Å². The quantitative estimate of drug-likeness (QED) is 0.382. The number of nitrogens with one attached hydrogen (secondary N) is 2. The normalized spacial score (nSPS) is 16.4. The molecule has 1 aliphatic rings. The molecule has 1 aliphatic carbocycles. The molecule has 2 rings (SSSR count). The predicted molar refractivity (Wildman–Crippen MR) is 61.4 cm³/mol. The Labute approximate surface area is 98.6 Å². The highest BCUT2D eigenvalue weighted by atomic mass is 16.5. The largest absolute Gasteiger partial charge is 0.467 e. The molecular formula is C9H16N6O2. The van der Waals surface area contributed by atoms with Gasteiger partial charge in [-0.05, 0) is 12.8 Å². The molecule has 0 aliphatic heterocycles. The molecule has 0 radical (unpaired) electrons. The van der Waals surface area contributed by atoms with Gasteiger partial charge >= 0.3 is 6.01 Å². The van der Waals surface area contributed by atoms with Crippen molar-refractivity contribution in [1.29, 1.82) is 0 Å². The first kappa shape index (κ1) is 11.8. The lowest BCUT2D eigenvalue weighted by molar-refractivity contribution is 0.219. The minimum absolute atomic E-state index is 0.0177. The van der Waals surface area contributed by atoms with E-state index in [-0.39, 0.29) is 24.0 Å². The lowest BCUT2D eigenvalue weighted by Crippen LogP contribution is -2.21. The molecule has 8 heteroatoms. The summed E-state index contributed by atoms with van der Waals surface area (Å²) in [6, 6.07) is 0.185. The molecule has 17 heavy (non-hydrogen) atoms. The van der Waals surface area contributed by atoms with E-state index in [1.807, 2.05) is 0 Å². The van der Waals surface area contributed by atoms with Crippen LogP contribution in [0.15, 0.2) is 0 Å². The van der Waals surface area contributed by atoms with Gasteiger partial charge in [-0.15, -0.1) is 0 Å². The number of aliphatic hydroxyl groups is 1. The summed E-state index contributed by atoms with van der Waals surface area (Å²) >= 11 is 0. The van der Waals surface area contributed by atoms with Crippen molar-refractivity contribution in [2.45, 2.75) is 12.8 Å². The number of hydrogen-bond donors (Lipinski definition) is 4. The van der Waals surface area contributed by atoms with Gasteiger partial charge in [0.15, 0.2) is 0 Å². The average Bonchev–Trinajstić information content (AvgIpc) is 3.16. The summed E-state index contributed by atoms with van der Waals surface area (Å²) in [5.41, 5.74) is 2.32. The van der Waals surface area contributed by atoms with Crippen LogP contribution >= 0.6 is 0 Å². The van der Waals surface area contributed by atoms with Crippen LogP contribution < -0.4 is 21.3 Å². The maximum Gasteiger partial charge on any atom is 0.322 e. The maximum absolute atomic E-state index is 9.19. The van der Waals surface area contributed by atoms with Crippen molar-refractivity contribution >= 4 is 11.9 Å². The summed E-state index contributed by atoms with van der Waals surface area (Å²) in [5.74, 6) is 5.85.